The first-order valence-electron chi connectivity index (χ1n) is 8.16. The quantitative estimate of drug-likeness (QED) is 0.776. The molecule has 2 atom stereocenters. The molecule has 1 aromatic rings. The minimum absolute atomic E-state index is 0.00702. The van der Waals surface area contributed by atoms with Crippen molar-refractivity contribution in [3.63, 3.8) is 0 Å². The van der Waals surface area contributed by atoms with Crippen molar-refractivity contribution in [1.29, 1.82) is 0 Å². The van der Waals surface area contributed by atoms with Crippen molar-refractivity contribution in [3.05, 3.63) is 24.3 Å². The van der Waals surface area contributed by atoms with Crippen LogP contribution >= 0.6 is 0 Å². The van der Waals surface area contributed by atoms with Gasteiger partial charge >= 0.3 is 0 Å². The molecule has 5 nitrogen and oxygen atoms in total. The van der Waals surface area contributed by atoms with Crippen LogP contribution < -0.4 is 9.64 Å². The number of rotatable bonds is 5. The molecule has 2 unspecified atom stereocenters. The second kappa shape index (κ2) is 6.75. The summed E-state index contributed by atoms with van der Waals surface area (Å²) in [4.78, 5) is 38.8. The number of piperidine rings is 1. The van der Waals surface area contributed by atoms with E-state index < -0.39 is 5.41 Å². The summed E-state index contributed by atoms with van der Waals surface area (Å²) in [7, 11) is 1.60. The van der Waals surface area contributed by atoms with Crippen LogP contribution in [0.4, 0.5) is 5.69 Å². The predicted octanol–water partition coefficient (Wildman–Crippen LogP) is 2.66. The van der Waals surface area contributed by atoms with Crippen LogP contribution in [0.25, 0.3) is 0 Å². The van der Waals surface area contributed by atoms with Crippen LogP contribution in [-0.2, 0) is 14.4 Å². The minimum Gasteiger partial charge on any atom is -0.497 e. The number of benzene rings is 1. The Bertz CT molecular complexity index is 636. The van der Waals surface area contributed by atoms with E-state index in [1.165, 1.54) is 20.8 Å². The maximum Gasteiger partial charge on any atom is 0.145 e. The first kappa shape index (κ1) is 18.2. The Morgan fingerprint density at radius 3 is 2.04 bits per heavy atom. The zero-order valence-electron chi connectivity index (χ0n) is 15.0. The van der Waals surface area contributed by atoms with Gasteiger partial charge in [-0.15, -0.1) is 0 Å². The summed E-state index contributed by atoms with van der Waals surface area (Å²) in [6.45, 7) is 6.70. The van der Waals surface area contributed by atoms with Crippen LogP contribution in [0.2, 0.25) is 0 Å². The topological polar surface area (TPSA) is 63.7 Å². The molecule has 1 saturated heterocycles. The Balaban J connectivity index is 2.49. The van der Waals surface area contributed by atoms with Gasteiger partial charge in [0.2, 0.25) is 0 Å². The first-order chi connectivity index (χ1) is 11.2. The molecule has 130 valence electrons. The Kier molecular flexibility index (Phi) is 5.11. The van der Waals surface area contributed by atoms with E-state index in [-0.39, 0.29) is 29.3 Å². The van der Waals surface area contributed by atoms with Crippen LogP contribution in [-0.4, -0.2) is 37.0 Å². The Morgan fingerprint density at radius 1 is 1.08 bits per heavy atom. The van der Waals surface area contributed by atoms with Crippen molar-refractivity contribution in [2.75, 3.05) is 18.6 Å². The van der Waals surface area contributed by atoms with E-state index in [0.717, 1.165) is 11.4 Å². The van der Waals surface area contributed by atoms with E-state index in [2.05, 4.69) is 0 Å². The molecule has 0 amide bonds. The Morgan fingerprint density at radius 2 is 1.62 bits per heavy atom. The van der Waals surface area contributed by atoms with Crippen molar-refractivity contribution < 1.29 is 19.1 Å². The third-order valence-electron chi connectivity index (χ3n) is 5.36. The lowest BCUT2D eigenvalue weighted by molar-refractivity contribution is -0.141. The monoisotopic (exact) mass is 331 g/mol. The van der Waals surface area contributed by atoms with Gasteiger partial charge in [-0.1, -0.05) is 0 Å². The number of nitrogens with zero attached hydrogens (tertiary/aromatic N) is 1. The number of Topliss-reactive ketones (excluding diaryl/α,β-unsaturated/α-hetero) is 3. The molecule has 2 rings (SSSR count). The minimum atomic E-state index is -1.12. The molecular formula is C19H25NO4. The van der Waals surface area contributed by atoms with Gasteiger partial charge in [-0.2, -0.15) is 0 Å². The van der Waals surface area contributed by atoms with Gasteiger partial charge in [0.15, 0.2) is 0 Å². The van der Waals surface area contributed by atoms with E-state index in [9.17, 15) is 14.4 Å². The number of carbonyl (C=O) groups is 3. The smallest absolute Gasteiger partial charge is 0.145 e. The van der Waals surface area contributed by atoms with Crippen LogP contribution in [0.3, 0.4) is 0 Å². The predicted molar refractivity (Wildman–Crippen MR) is 92.4 cm³/mol. The number of ketones is 3. The molecule has 0 aromatic heterocycles. The molecule has 5 heteroatoms. The second-order valence-electron chi connectivity index (χ2n) is 6.68. The van der Waals surface area contributed by atoms with E-state index in [1.807, 2.05) is 36.1 Å². The fourth-order valence-electron chi connectivity index (χ4n) is 3.60. The summed E-state index contributed by atoms with van der Waals surface area (Å²) >= 11 is 0. The van der Waals surface area contributed by atoms with Gasteiger partial charge in [-0.3, -0.25) is 14.4 Å². The molecule has 1 aliphatic heterocycles. The molecule has 0 radical (unpaired) electrons. The zero-order valence-corrected chi connectivity index (χ0v) is 15.0. The van der Waals surface area contributed by atoms with Gasteiger partial charge in [-0.05, 0) is 58.4 Å². The van der Waals surface area contributed by atoms with Gasteiger partial charge in [-0.25, -0.2) is 0 Å². The van der Waals surface area contributed by atoms with Crippen molar-refractivity contribution in [2.45, 2.75) is 40.2 Å². The number of methoxy groups -OCH3 is 1. The average Bonchev–Trinajstić information content (AvgIpc) is 2.54. The molecule has 1 fully saturated rings. The molecule has 0 saturated carbocycles. The van der Waals surface area contributed by atoms with Crippen LogP contribution in [0.5, 0.6) is 5.75 Å². The lowest BCUT2D eigenvalue weighted by Crippen LogP contribution is -2.59. The maximum atomic E-state index is 12.3. The number of anilines is 1. The van der Waals surface area contributed by atoms with Crippen molar-refractivity contribution >= 4 is 23.0 Å². The fourth-order valence-corrected chi connectivity index (χ4v) is 3.60. The average molecular weight is 331 g/mol. The van der Waals surface area contributed by atoms with E-state index >= 15 is 0 Å². The number of hydrogen-bond acceptors (Lipinski definition) is 5. The number of ether oxygens (including phenoxy) is 1. The normalized spacial score (nSPS) is 22.8. The molecule has 1 heterocycles. The molecule has 0 aliphatic carbocycles. The summed E-state index contributed by atoms with van der Waals surface area (Å²) in [6.07, 6.45) is 0.292. The SMILES string of the molecule is COc1ccc(N2CC(C(C)=O)(C(C)=O)CC(C(C)=O)C2C)cc1. The van der Waals surface area contributed by atoms with Gasteiger partial charge in [0.1, 0.15) is 28.5 Å². The van der Waals surface area contributed by atoms with E-state index in [0.29, 0.717) is 13.0 Å². The number of carbonyl (C=O) groups excluding carboxylic acids is 3. The van der Waals surface area contributed by atoms with Crippen molar-refractivity contribution in [1.82, 2.24) is 0 Å². The molecule has 1 aliphatic rings. The third-order valence-corrected chi connectivity index (χ3v) is 5.36. The third kappa shape index (κ3) is 3.07. The van der Waals surface area contributed by atoms with Crippen LogP contribution in [0.1, 0.15) is 34.1 Å². The Labute approximate surface area is 143 Å². The summed E-state index contributed by atoms with van der Waals surface area (Å²) in [5.74, 6) is 0.0375. The van der Waals surface area contributed by atoms with E-state index in [4.69, 9.17) is 4.74 Å². The summed E-state index contributed by atoms with van der Waals surface area (Å²) in [6, 6.07) is 7.37. The highest BCUT2D eigenvalue weighted by Crippen LogP contribution is 2.41. The number of hydrogen-bond donors (Lipinski definition) is 0. The highest BCUT2D eigenvalue weighted by atomic mass is 16.5. The van der Waals surface area contributed by atoms with Crippen LogP contribution in [0.15, 0.2) is 24.3 Å². The standard InChI is InChI=1S/C19H25NO4/c1-12-18(13(2)21)10-19(14(3)22,15(4)23)11-20(12)16-6-8-17(24-5)9-7-16/h6-9,12,18H,10-11H2,1-5H3. The van der Waals surface area contributed by atoms with Gasteiger partial charge in [0, 0.05) is 24.2 Å². The summed E-state index contributed by atoms with van der Waals surface area (Å²) < 4.78 is 5.18. The Hall–Kier alpha value is -2.17. The first-order valence-corrected chi connectivity index (χ1v) is 8.16. The van der Waals surface area contributed by atoms with Gasteiger partial charge < -0.3 is 9.64 Å². The fraction of sp³-hybridized carbons (Fsp3) is 0.526. The maximum absolute atomic E-state index is 12.3. The zero-order chi connectivity index (χ0) is 18.1. The second-order valence-corrected chi connectivity index (χ2v) is 6.68. The van der Waals surface area contributed by atoms with Crippen molar-refractivity contribution in [3.8, 4) is 5.75 Å². The lowest BCUT2D eigenvalue weighted by Gasteiger charge is -2.48. The highest BCUT2D eigenvalue weighted by Gasteiger charge is 2.50. The van der Waals surface area contributed by atoms with Crippen molar-refractivity contribution in [2.24, 2.45) is 11.3 Å². The van der Waals surface area contributed by atoms with E-state index in [1.54, 1.807) is 7.11 Å². The molecule has 0 bridgehead atoms. The molecule has 1 aromatic carbocycles. The highest BCUT2D eigenvalue weighted by molar-refractivity contribution is 6.06. The lowest BCUT2D eigenvalue weighted by atomic mass is 9.67. The molecular weight excluding hydrogens is 306 g/mol. The molecule has 24 heavy (non-hydrogen) atoms. The molecule has 0 N–H and O–H groups in total. The van der Waals surface area contributed by atoms with Gasteiger partial charge in [0.05, 0.1) is 7.11 Å². The molecule has 0 spiro atoms. The summed E-state index contributed by atoms with van der Waals surface area (Å²) in [5, 5.41) is 0. The van der Waals surface area contributed by atoms with Gasteiger partial charge in [0.25, 0.3) is 0 Å². The van der Waals surface area contributed by atoms with Crippen LogP contribution in [0, 0.1) is 11.3 Å². The summed E-state index contributed by atoms with van der Waals surface area (Å²) in [5.41, 5.74) is -0.246. The largest absolute Gasteiger partial charge is 0.497 e.